The molecule has 0 saturated carbocycles. The van der Waals surface area contributed by atoms with Crippen LogP contribution in [0.3, 0.4) is 0 Å². The van der Waals surface area contributed by atoms with E-state index in [-0.39, 0.29) is 6.04 Å². The maximum absolute atomic E-state index is 6.53. The Kier molecular flexibility index (Phi) is 8.48. The molecule has 4 aliphatic rings. The highest BCUT2D eigenvalue weighted by atomic mass is 127. The average Bonchev–Trinajstić information content (AvgIpc) is 2.87. The monoisotopic (exact) mass is 552 g/mol. The molecule has 0 radical (unpaired) electrons. The number of nitrogens with zero attached hydrogens (tertiary/aromatic N) is 1. The number of halogens is 1. The molecule has 1 unspecified atom stereocenters. The normalized spacial score (nSPS) is 25.8. The van der Waals surface area contributed by atoms with Crippen molar-refractivity contribution in [2.24, 2.45) is 5.73 Å². The van der Waals surface area contributed by atoms with Crippen LogP contribution in [0.5, 0.6) is 0 Å². The minimum atomic E-state index is 0.148. The van der Waals surface area contributed by atoms with Gasteiger partial charge in [-0.2, -0.15) is 0 Å². The van der Waals surface area contributed by atoms with Gasteiger partial charge in [0.1, 0.15) is 0 Å². The van der Waals surface area contributed by atoms with E-state index in [4.69, 9.17) is 5.73 Å². The van der Waals surface area contributed by atoms with E-state index in [2.05, 4.69) is 102 Å². The maximum atomic E-state index is 6.53. The lowest BCUT2D eigenvalue weighted by Gasteiger charge is -2.31. The first-order valence-corrected chi connectivity index (χ1v) is 13.5. The molecule has 0 aromatic heterocycles. The number of allylic oxidation sites excluding steroid dienone is 16. The molecule has 0 aromatic carbocycles. The van der Waals surface area contributed by atoms with Crippen LogP contribution in [0.2, 0.25) is 0 Å². The van der Waals surface area contributed by atoms with Crippen molar-refractivity contribution in [3.63, 3.8) is 0 Å². The van der Waals surface area contributed by atoms with Crippen LogP contribution in [0.15, 0.2) is 103 Å². The number of rotatable bonds is 3. The van der Waals surface area contributed by atoms with Crippen molar-refractivity contribution >= 4 is 22.6 Å². The number of nitrogens with two attached hydrogens (primary N) is 1. The van der Waals surface area contributed by atoms with Gasteiger partial charge in [0.2, 0.25) is 0 Å². The number of hydrogen-bond donors (Lipinski definition) is 1. The Labute approximate surface area is 213 Å². The molecule has 0 fully saturated rings. The van der Waals surface area contributed by atoms with Crippen molar-refractivity contribution in [2.75, 3.05) is 13.1 Å². The molecule has 0 bridgehead atoms. The third kappa shape index (κ3) is 6.19. The van der Waals surface area contributed by atoms with Crippen molar-refractivity contribution in [1.82, 2.24) is 4.90 Å². The quantitative estimate of drug-likeness (QED) is 0.363. The molecule has 3 aliphatic carbocycles. The molecule has 0 aromatic rings. The second kappa shape index (κ2) is 11.5. The van der Waals surface area contributed by atoms with Crippen LogP contribution >= 0.6 is 22.6 Å². The van der Waals surface area contributed by atoms with Gasteiger partial charge in [0.25, 0.3) is 0 Å². The van der Waals surface area contributed by atoms with Gasteiger partial charge in [-0.15, -0.1) is 0 Å². The van der Waals surface area contributed by atoms with Crippen LogP contribution < -0.4 is 5.73 Å². The van der Waals surface area contributed by atoms with E-state index in [9.17, 15) is 0 Å². The zero-order chi connectivity index (χ0) is 23.2. The summed E-state index contributed by atoms with van der Waals surface area (Å²) in [5.41, 5.74) is 16.5. The topological polar surface area (TPSA) is 29.3 Å². The molecule has 1 atom stereocenters. The van der Waals surface area contributed by atoms with Gasteiger partial charge in [-0.05, 0) is 115 Å². The zero-order valence-electron chi connectivity index (χ0n) is 20.1. The van der Waals surface area contributed by atoms with Crippen molar-refractivity contribution in [3.05, 3.63) is 103 Å². The van der Waals surface area contributed by atoms with E-state index in [0.29, 0.717) is 0 Å². The smallest absolute Gasteiger partial charge is 0.0360 e. The van der Waals surface area contributed by atoms with Gasteiger partial charge < -0.3 is 10.6 Å². The minimum Gasteiger partial charge on any atom is -0.370 e. The lowest BCUT2D eigenvalue weighted by atomic mass is 9.86. The first-order chi connectivity index (χ1) is 16.0. The van der Waals surface area contributed by atoms with Gasteiger partial charge in [-0.3, -0.25) is 0 Å². The molecule has 1 aliphatic heterocycles. The van der Waals surface area contributed by atoms with Gasteiger partial charge in [0.05, 0.1) is 0 Å². The van der Waals surface area contributed by atoms with E-state index in [1.54, 1.807) is 0 Å². The van der Waals surface area contributed by atoms with Crippen LogP contribution in [0.1, 0.15) is 58.8 Å². The number of hydrogen-bond acceptors (Lipinski definition) is 2. The first-order valence-electron chi connectivity index (χ1n) is 12.4. The van der Waals surface area contributed by atoms with E-state index in [1.165, 1.54) is 55.6 Å². The van der Waals surface area contributed by atoms with E-state index < -0.39 is 0 Å². The van der Waals surface area contributed by atoms with Crippen LogP contribution in [-0.2, 0) is 0 Å². The molecule has 2 N–H and O–H groups in total. The molecule has 33 heavy (non-hydrogen) atoms. The highest BCUT2D eigenvalue weighted by molar-refractivity contribution is 14.1. The summed E-state index contributed by atoms with van der Waals surface area (Å²) in [7, 11) is 0. The van der Waals surface area contributed by atoms with Crippen molar-refractivity contribution < 1.29 is 0 Å². The summed E-state index contributed by atoms with van der Waals surface area (Å²) in [5, 5.41) is 0. The molecule has 0 amide bonds. The van der Waals surface area contributed by atoms with Gasteiger partial charge in [0.15, 0.2) is 0 Å². The molecular weight excluding hydrogens is 515 g/mol. The summed E-state index contributed by atoms with van der Waals surface area (Å²) in [6.07, 6.45) is 30.9. The zero-order valence-corrected chi connectivity index (χ0v) is 22.3. The van der Waals surface area contributed by atoms with Crippen molar-refractivity contribution in [1.29, 1.82) is 0 Å². The largest absolute Gasteiger partial charge is 0.370 e. The van der Waals surface area contributed by atoms with E-state index in [1.807, 2.05) is 0 Å². The highest BCUT2D eigenvalue weighted by Crippen LogP contribution is 2.41. The molecular formula is C30H37IN2. The van der Waals surface area contributed by atoms with Gasteiger partial charge >= 0.3 is 0 Å². The Balaban J connectivity index is 1.53. The summed E-state index contributed by atoms with van der Waals surface area (Å²) in [6.45, 7) is 6.17. The van der Waals surface area contributed by atoms with Crippen molar-refractivity contribution in [2.45, 2.75) is 64.8 Å². The standard InChI is InChI=1S/C30H37IN2/c1-22-9-6-7-20-33(21-26(32)17-14-23(22)2)27-18-15-25(16-19-27)29-13-8-12-28(30(29)31)24-10-4-3-5-11-24/h4,6-7,9-11,13-15,18,26H,3,5,8,12,16-17,19-21,32H2,1-2H3/b7-6-,22-9?,23-14?. The Hall–Kier alpha value is -1.85. The van der Waals surface area contributed by atoms with Crippen LogP contribution in [0.25, 0.3) is 0 Å². The van der Waals surface area contributed by atoms with Crippen LogP contribution in [0.4, 0.5) is 0 Å². The summed E-state index contributed by atoms with van der Waals surface area (Å²) in [5.74, 6) is 0. The maximum Gasteiger partial charge on any atom is 0.0360 e. The third-order valence-electron chi connectivity index (χ3n) is 7.08. The molecule has 174 valence electrons. The lowest BCUT2D eigenvalue weighted by Crippen LogP contribution is -2.37. The average molecular weight is 553 g/mol. The predicted octanol–water partition coefficient (Wildman–Crippen LogP) is 7.76. The molecule has 1 heterocycles. The Morgan fingerprint density at radius 1 is 0.909 bits per heavy atom. The fourth-order valence-corrected chi connectivity index (χ4v) is 6.05. The molecule has 2 nitrogen and oxygen atoms in total. The van der Waals surface area contributed by atoms with Gasteiger partial charge in [0, 0.05) is 28.4 Å². The van der Waals surface area contributed by atoms with Gasteiger partial charge in [-0.25, -0.2) is 0 Å². The molecule has 0 saturated heterocycles. The van der Waals surface area contributed by atoms with E-state index in [0.717, 1.165) is 45.2 Å². The predicted molar refractivity (Wildman–Crippen MR) is 151 cm³/mol. The van der Waals surface area contributed by atoms with Crippen molar-refractivity contribution in [3.8, 4) is 0 Å². The summed E-state index contributed by atoms with van der Waals surface area (Å²) in [6, 6.07) is 0.148. The Morgan fingerprint density at radius 2 is 1.79 bits per heavy atom. The second-order valence-corrected chi connectivity index (χ2v) is 10.6. The highest BCUT2D eigenvalue weighted by Gasteiger charge is 2.22. The van der Waals surface area contributed by atoms with Crippen LogP contribution in [-0.4, -0.2) is 24.0 Å². The molecule has 3 heteroatoms. The van der Waals surface area contributed by atoms with E-state index >= 15 is 0 Å². The fourth-order valence-electron chi connectivity index (χ4n) is 4.90. The van der Waals surface area contributed by atoms with Gasteiger partial charge in [-0.1, -0.05) is 60.3 Å². The minimum absolute atomic E-state index is 0.148. The third-order valence-corrected chi connectivity index (χ3v) is 8.31. The Bertz CT molecular complexity index is 1040. The first kappa shape index (κ1) is 24.3. The summed E-state index contributed by atoms with van der Waals surface area (Å²) < 4.78 is 1.45. The second-order valence-electron chi connectivity index (χ2n) is 9.50. The molecule has 4 rings (SSSR count). The summed E-state index contributed by atoms with van der Waals surface area (Å²) in [4.78, 5) is 2.48. The SMILES string of the molecule is CC1=C/C=C\CN(C2=CC=C(C3=CCCC(C4=CCCC=C4)=C3I)CC2)CC(N)CC=C1C. The Morgan fingerprint density at radius 3 is 2.55 bits per heavy atom. The lowest BCUT2D eigenvalue weighted by molar-refractivity contribution is 0.337. The van der Waals surface area contributed by atoms with Crippen LogP contribution in [0, 0.1) is 0 Å². The fraction of sp³-hybridized carbons (Fsp3) is 0.400. The summed E-state index contributed by atoms with van der Waals surface area (Å²) >= 11 is 2.59. The molecule has 0 spiro atoms.